The van der Waals surface area contributed by atoms with Gasteiger partial charge in [-0.2, -0.15) is 18.2 Å². The molecule has 1 aromatic carbocycles. The molecule has 0 bridgehead atoms. The highest BCUT2D eigenvalue weighted by molar-refractivity contribution is 5.78. The molecular weight excluding hydrogens is 361 g/mol. The second kappa shape index (κ2) is 7.67. The summed E-state index contributed by atoms with van der Waals surface area (Å²) in [4.78, 5) is 20.2. The minimum atomic E-state index is -4.37. The van der Waals surface area contributed by atoms with E-state index in [1.165, 1.54) is 12.1 Å². The molecule has 0 spiro atoms. The van der Waals surface area contributed by atoms with Crippen LogP contribution in [-0.2, 0) is 17.5 Å². The molecule has 0 N–H and O–H groups in total. The van der Waals surface area contributed by atoms with E-state index in [1.54, 1.807) is 0 Å². The molecule has 0 aliphatic carbocycles. The van der Waals surface area contributed by atoms with E-state index in [0.29, 0.717) is 44.2 Å². The summed E-state index contributed by atoms with van der Waals surface area (Å²) < 4.78 is 43.1. The zero-order chi connectivity index (χ0) is 19.6. The molecule has 2 aromatic rings. The molecule has 1 saturated heterocycles. The largest absolute Gasteiger partial charge is 0.416 e. The van der Waals surface area contributed by atoms with Crippen LogP contribution in [0, 0.1) is 5.92 Å². The quantitative estimate of drug-likeness (QED) is 0.813. The van der Waals surface area contributed by atoms with E-state index in [2.05, 4.69) is 15.0 Å². The van der Waals surface area contributed by atoms with Crippen LogP contribution < -0.4 is 0 Å². The summed E-state index contributed by atoms with van der Waals surface area (Å²) in [5.41, 5.74) is -0.255. The van der Waals surface area contributed by atoms with Crippen LogP contribution in [0.2, 0.25) is 0 Å². The Labute approximate surface area is 154 Å². The predicted molar refractivity (Wildman–Crippen MR) is 91.4 cm³/mol. The molecule has 0 radical (unpaired) electrons. The van der Waals surface area contributed by atoms with Gasteiger partial charge in [0.25, 0.3) is 0 Å². The fourth-order valence-corrected chi connectivity index (χ4v) is 2.93. The molecule has 9 heteroatoms. The van der Waals surface area contributed by atoms with Gasteiger partial charge < -0.3 is 9.42 Å². The molecule has 27 heavy (non-hydrogen) atoms. The highest BCUT2D eigenvalue weighted by atomic mass is 19.4. The Balaban J connectivity index is 1.58. The first-order valence-electron chi connectivity index (χ1n) is 8.75. The number of nitrogens with zero attached hydrogens (tertiary/aromatic N) is 4. The summed E-state index contributed by atoms with van der Waals surface area (Å²) in [5.74, 6) is 0.789. The van der Waals surface area contributed by atoms with E-state index in [4.69, 9.17) is 4.52 Å². The van der Waals surface area contributed by atoms with E-state index >= 15 is 0 Å². The van der Waals surface area contributed by atoms with Gasteiger partial charge in [-0.3, -0.25) is 9.69 Å². The van der Waals surface area contributed by atoms with Gasteiger partial charge in [-0.25, -0.2) is 0 Å². The maximum Gasteiger partial charge on any atom is 0.416 e. The van der Waals surface area contributed by atoms with Crippen molar-refractivity contribution in [2.45, 2.75) is 26.6 Å². The zero-order valence-electron chi connectivity index (χ0n) is 15.2. The molecule has 3 rings (SSSR count). The number of halogens is 3. The van der Waals surface area contributed by atoms with Crippen LogP contribution in [0.1, 0.15) is 25.3 Å². The Morgan fingerprint density at radius 3 is 2.33 bits per heavy atom. The molecule has 1 aromatic heterocycles. The van der Waals surface area contributed by atoms with Crippen LogP contribution in [-0.4, -0.2) is 52.0 Å². The third kappa shape index (κ3) is 4.65. The Morgan fingerprint density at radius 2 is 1.78 bits per heavy atom. The Morgan fingerprint density at radius 1 is 1.15 bits per heavy atom. The number of aromatic nitrogens is 2. The lowest BCUT2D eigenvalue weighted by molar-refractivity contribution is -0.138. The fourth-order valence-electron chi connectivity index (χ4n) is 2.93. The average molecular weight is 382 g/mol. The lowest BCUT2D eigenvalue weighted by Crippen LogP contribution is -2.49. The Hall–Kier alpha value is -2.42. The fraction of sp³-hybridized carbons (Fsp3) is 0.500. The predicted octanol–water partition coefficient (Wildman–Crippen LogP) is 3.06. The molecule has 6 nitrogen and oxygen atoms in total. The molecular formula is C18H21F3N4O2. The highest BCUT2D eigenvalue weighted by Crippen LogP contribution is 2.30. The SMILES string of the molecule is CC(C)C(=O)N1CCN(Cc2nc(-c3ccc(C(F)(F)F)cc3)no2)CC1. The summed E-state index contributed by atoms with van der Waals surface area (Å²) in [5, 5.41) is 3.85. The molecule has 0 atom stereocenters. The van der Waals surface area contributed by atoms with Gasteiger partial charge in [0, 0.05) is 37.7 Å². The van der Waals surface area contributed by atoms with E-state index in [1.807, 2.05) is 18.7 Å². The number of hydrogen-bond acceptors (Lipinski definition) is 5. The number of carbonyl (C=O) groups excluding carboxylic acids is 1. The van der Waals surface area contributed by atoms with Crippen molar-refractivity contribution < 1.29 is 22.5 Å². The number of piperazine rings is 1. The number of amides is 1. The summed E-state index contributed by atoms with van der Waals surface area (Å²) in [6.07, 6.45) is -4.37. The van der Waals surface area contributed by atoms with Crippen molar-refractivity contribution in [3.05, 3.63) is 35.7 Å². The molecule has 1 aliphatic heterocycles. The van der Waals surface area contributed by atoms with Gasteiger partial charge in [-0.1, -0.05) is 31.1 Å². The van der Waals surface area contributed by atoms with Crippen molar-refractivity contribution in [1.29, 1.82) is 0 Å². The van der Waals surface area contributed by atoms with Gasteiger partial charge in [0.15, 0.2) is 0 Å². The number of carbonyl (C=O) groups is 1. The minimum absolute atomic E-state index is 0.0150. The molecule has 1 aliphatic rings. The van der Waals surface area contributed by atoms with Gasteiger partial charge in [-0.05, 0) is 12.1 Å². The molecule has 2 heterocycles. The van der Waals surface area contributed by atoms with Crippen LogP contribution in [0.15, 0.2) is 28.8 Å². The van der Waals surface area contributed by atoms with Crippen LogP contribution >= 0.6 is 0 Å². The maximum atomic E-state index is 12.6. The van der Waals surface area contributed by atoms with Crippen molar-refractivity contribution in [3.63, 3.8) is 0 Å². The van der Waals surface area contributed by atoms with Crippen molar-refractivity contribution in [3.8, 4) is 11.4 Å². The van der Waals surface area contributed by atoms with E-state index in [9.17, 15) is 18.0 Å². The molecule has 1 fully saturated rings. The zero-order valence-corrected chi connectivity index (χ0v) is 15.2. The second-order valence-corrected chi connectivity index (χ2v) is 6.84. The monoisotopic (exact) mass is 382 g/mol. The Bertz CT molecular complexity index is 779. The minimum Gasteiger partial charge on any atom is -0.340 e. The lowest BCUT2D eigenvalue weighted by atomic mass is 10.1. The molecule has 0 unspecified atom stereocenters. The summed E-state index contributed by atoms with van der Waals surface area (Å²) in [7, 11) is 0. The third-order valence-electron chi connectivity index (χ3n) is 4.48. The van der Waals surface area contributed by atoms with Crippen molar-refractivity contribution >= 4 is 5.91 Å². The number of hydrogen-bond donors (Lipinski definition) is 0. The van der Waals surface area contributed by atoms with Gasteiger partial charge in [0.1, 0.15) is 0 Å². The van der Waals surface area contributed by atoms with E-state index < -0.39 is 11.7 Å². The standard InChI is InChI=1S/C18H21F3N4O2/c1-12(2)17(26)25-9-7-24(8-10-25)11-15-22-16(23-27-15)13-3-5-14(6-4-13)18(19,20)21/h3-6,12H,7-11H2,1-2H3. The van der Waals surface area contributed by atoms with Gasteiger partial charge in [0.2, 0.25) is 17.6 Å². The second-order valence-electron chi connectivity index (χ2n) is 6.84. The first-order chi connectivity index (χ1) is 12.7. The Kier molecular flexibility index (Phi) is 5.50. The summed E-state index contributed by atoms with van der Waals surface area (Å²) in [6.45, 7) is 6.92. The molecule has 0 saturated carbocycles. The van der Waals surface area contributed by atoms with Gasteiger partial charge >= 0.3 is 6.18 Å². The number of rotatable bonds is 4. The summed E-state index contributed by atoms with van der Waals surface area (Å²) >= 11 is 0. The van der Waals surface area contributed by atoms with Gasteiger partial charge in [0.05, 0.1) is 12.1 Å². The van der Waals surface area contributed by atoms with E-state index in [-0.39, 0.29) is 17.6 Å². The van der Waals surface area contributed by atoms with Crippen LogP contribution in [0.25, 0.3) is 11.4 Å². The van der Waals surface area contributed by atoms with Crippen molar-refractivity contribution in [2.24, 2.45) is 5.92 Å². The highest BCUT2D eigenvalue weighted by Gasteiger charge is 2.30. The first kappa shape index (κ1) is 19.3. The topological polar surface area (TPSA) is 62.5 Å². The average Bonchev–Trinajstić information content (AvgIpc) is 3.09. The molecule has 146 valence electrons. The number of alkyl halides is 3. The van der Waals surface area contributed by atoms with Crippen molar-refractivity contribution in [2.75, 3.05) is 26.2 Å². The molecule has 1 amide bonds. The maximum absolute atomic E-state index is 12.6. The van der Waals surface area contributed by atoms with Crippen molar-refractivity contribution in [1.82, 2.24) is 19.9 Å². The van der Waals surface area contributed by atoms with Crippen LogP contribution in [0.3, 0.4) is 0 Å². The third-order valence-corrected chi connectivity index (χ3v) is 4.48. The lowest BCUT2D eigenvalue weighted by Gasteiger charge is -2.34. The van der Waals surface area contributed by atoms with E-state index in [0.717, 1.165) is 12.1 Å². The first-order valence-corrected chi connectivity index (χ1v) is 8.75. The normalized spacial score (nSPS) is 16.1. The van der Waals surface area contributed by atoms with Crippen LogP contribution in [0.5, 0.6) is 0 Å². The van der Waals surface area contributed by atoms with Crippen LogP contribution in [0.4, 0.5) is 13.2 Å². The summed E-state index contributed by atoms with van der Waals surface area (Å²) in [6, 6.07) is 4.65. The van der Waals surface area contributed by atoms with Gasteiger partial charge in [-0.15, -0.1) is 0 Å². The smallest absolute Gasteiger partial charge is 0.340 e. The number of benzene rings is 1.